The molecular formula is C20H14ClNS2. The van der Waals surface area contributed by atoms with Gasteiger partial charge in [-0.05, 0) is 42.0 Å². The summed E-state index contributed by atoms with van der Waals surface area (Å²) < 4.78 is 1.23. The standard InChI is InChI=1S/C20H14ClNS2/c21-16-9-11-17(12-10-16)23-13-14-5-7-15(8-6-14)20-22-18-3-1-2-4-19(18)24-20/h1-12H,13H2. The number of hydrogen-bond donors (Lipinski definition) is 0. The van der Waals surface area contributed by atoms with Crippen molar-refractivity contribution < 1.29 is 0 Å². The molecule has 0 bridgehead atoms. The van der Waals surface area contributed by atoms with Crippen molar-refractivity contribution in [3.05, 3.63) is 83.4 Å². The summed E-state index contributed by atoms with van der Waals surface area (Å²) in [5.41, 5.74) is 3.55. The second-order valence-electron chi connectivity index (χ2n) is 5.43. The number of fused-ring (bicyclic) bond motifs is 1. The zero-order valence-corrected chi connectivity index (χ0v) is 15.2. The summed E-state index contributed by atoms with van der Waals surface area (Å²) in [6.07, 6.45) is 0. The minimum absolute atomic E-state index is 0.777. The number of aromatic nitrogens is 1. The van der Waals surface area contributed by atoms with E-state index in [0.29, 0.717) is 0 Å². The van der Waals surface area contributed by atoms with Crippen LogP contribution >= 0.6 is 34.7 Å². The normalized spacial score (nSPS) is 11.0. The van der Waals surface area contributed by atoms with E-state index in [2.05, 4.69) is 54.6 Å². The Balaban J connectivity index is 1.48. The third-order valence-corrected chi connectivity index (χ3v) is 6.13. The van der Waals surface area contributed by atoms with Crippen LogP contribution < -0.4 is 0 Å². The highest BCUT2D eigenvalue weighted by atomic mass is 35.5. The lowest BCUT2D eigenvalue weighted by Gasteiger charge is -2.03. The molecule has 0 amide bonds. The number of benzene rings is 3. The van der Waals surface area contributed by atoms with E-state index in [9.17, 15) is 0 Å². The summed E-state index contributed by atoms with van der Waals surface area (Å²) in [5.74, 6) is 0.946. The van der Waals surface area contributed by atoms with E-state index < -0.39 is 0 Å². The van der Waals surface area contributed by atoms with Gasteiger partial charge in [0.25, 0.3) is 0 Å². The van der Waals surface area contributed by atoms with E-state index in [1.54, 1.807) is 11.3 Å². The van der Waals surface area contributed by atoms with Crippen LogP contribution in [-0.4, -0.2) is 4.98 Å². The van der Waals surface area contributed by atoms with Crippen molar-refractivity contribution in [2.24, 2.45) is 0 Å². The molecule has 4 aromatic rings. The first-order valence-electron chi connectivity index (χ1n) is 7.61. The average molecular weight is 368 g/mol. The highest BCUT2D eigenvalue weighted by Gasteiger charge is 2.06. The second kappa shape index (κ2) is 6.98. The molecule has 0 fully saturated rings. The molecular weight excluding hydrogens is 354 g/mol. The van der Waals surface area contributed by atoms with Crippen molar-refractivity contribution in [3.63, 3.8) is 0 Å². The number of halogens is 1. The molecule has 0 radical (unpaired) electrons. The molecule has 1 heterocycles. The Morgan fingerprint density at radius 3 is 2.38 bits per heavy atom. The minimum Gasteiger partial charge on any atom is -0.236 e. The topological polar surface area (TPSA) is 12.9 Å². The Bertz CT molecular complexity index is 926. The molecule has 0 spiro atoms. The molecule has 1 nitrogen and oxygen atoms in total. The number of hydrogen-bond acceptors (Lipinski definition) is 3. The lowest BCUT2D eigenvalue weighted by atomic mass is 10.2. The number of thiazole rings is 1. The Morgan fingerprint density at radius 1 is 0.875 bits per heavy atom. The van der Waals surface area contributed by atoms with E-state index in [-0.39, 0.29) is 0 Å². The fraction of sp³-hybridized carbons (Fsp3) is 0.0500. The summed E-state index contributed by atoms with van der Waals surface area (Å²) in [6.45, 7) is 0. The highest BCUT2D eigenvalue weighted by Crippen LogP contribution is 2.31. The molecule has 0 aliphatic heterocycles. The first-order valence-corrected chi connectivity index (χ1v) is 9.79. The Morgan fingerprint density at radius 2 is 1.62 bits per heavy atom. The predicted octanol–water partition coefficient (Wildman–Crippen LogP) is 6.91. The molecule has 0 N–H and O–H groups in total. The molecule has 3 aromatic carbocycles. The van der Waals surface area contributed by atoms with Gasteiger partial charge in [0, 0.05) is 21.2 Å². The largest absolute Gasteiger partial charge is 0.236 e. The van der Waals surface area contributed by atoms with Gasteiger partial charge in [-0.25, -0.2) is 4.98 Å². The van der Waals surface area contributed by atoms with Gasteiger partial charge < -0.3 is 0 Å². The van der Waals surface area contributed by atoms with Gasteiger partial charge in [-0.15, -0.1) is 23.1 Å². The molecule has 0 saturated carbocycles. The van der Waals surface area contributed by atoms with Crippen LogP contribution in [0.15, 0.2) is 77.7 Å². The van der Waals surface area contributed by atoms with Crippen molar-refractivity contribution in [3.8, 4) is 10.6 Å². The summed E-state index contributed by atoms with van der Waals surface area (Å²) >= 11 is 9.47. The van der Waals surface area contributed by atoms with Crippen LogP contribution in [-0.2, 0) is 5.75 Å². The van der Waals surface area contributed by atoms with E-state index in [4.69, 9.17) is 16.6 Å². The Hall–Kier alpha value is -1.81. The number of nitrogens with zero attached hydrogens (tertiary/aromatic N) is 1. The first-order chi connectivity index (χ1) is 11.8. The number of thioether (sulfide) groups is 1. The summed E-state index contributed by atoms with van der Waals surface area (Å²) in [4.78, 5) is 5.95. The molecule has 4 heteroatoms. The van der Waals surface area contributed by atoms with Gasteiger partial charge >= 0.3 is 0 Å². The maximum Gasteiger partial charge on any atom is 0.124 e. The summed E-state index contributed by atoms with van der Waals surface area (Å²) in [6, 6.07) is 24.9. The van der Waals surface area contributed by atoms with E-state index in [0.717, 1.165) is 21.3 Å². The van der Waals surface area contributed by atoms with Crippen molar-refractivity contribution >= 4 is 44.9 Å². The van der Waals surface area contributed by atoms with Crippen LogP contribution in [0.5, 0.6) is 0 Å². The smallest absolute Gasteiger partial charge is 0.124 e. The van der Waals surface area contributed by atoms with Gasteiger partial charge in [0.1, 0.15) is 5.01 Å². The van der Waals surface area contributed by atoms with Crippen molar-refractivity contribution in [1.82, 2.24) is 4.98 Å². The van der Waals surface area contributed by atoms with Gasteiger partial charge in [0.15, 0.2) is 0 Å². The van der Waals surface area contributed by atoms with E-state index >= 15 is 0 Å². The van der Waals surface area contributed by atoms with E-state index in [1.165, 1.54) is 20.7 Å². The number of rotatable bonds is 4. The monoisotopic (exact) mass is 367 g/mol. The highest BCUT2D eigenvalue weighted by molar-refractivity contribution is 7.98. The van der Waals surface area contributed by atoms with Crippen LogP contribution in [0.4, 0.5) is 0 Å². The number of para-hydroxylation sites is 1. The zero-order chi connectivity index (χ0) is 16.4. The third kappa shape index (κ3) is 3.48. The fourth-order valence-electron chi connectivity index (χ4n) is 2.44. The Labute approximate surface area is 154 Å². The van der Waals surface area contributed by atoms with Gasteiger partial charge in [0.05, 0.1) is 10.2 Å². The van der Waals surface area contributed by atoms with Crippen molar-refractivity contribution in [1.29, 1.82) is 0 Å². The molecule has 118 valence electrons. The van der Waals surface area contributed by atoms with Crippen LogP contribution in [0, 0.1) is 0 Å². The van der Waals surface area contributed by atoms with Gasteiger partial charge in [0.2, 0.25) is 0 Å². The molecule has 0 aliphatic carbocycles. The van der Waals surface area contributed by atoms with Crippen LogP contribution in [0.2, 0.25) is 5.02 Å². The summed E-state index contributed by atoms with van der Waals surface area (Å²) in [5, 5.41) is 1.85. The van der Waals surface area contributed by atoms with Gasteiger partial charge in [-0.3, -0.25) is 0 Å². The first kappa shape index (κ1) is 15.7. The van der Waals surface area contributed by atoms with Crippen molar-refractivity contribution in [2.75, 3.05) is 0 Å². The lowest BCUT2D eigenvalue weighted by Crippen LogP contribution is -1.82. The lowest BCUT2D eigenvalue weighted by molar-refractivity contribution is 1.38. The molecule has 4 rings (SSSR count). The maximum absolute atomic E-state index is 5.92. The average Bonchev–Trinajstić information content (AvgIpc) is 3.06. The van der Waals surface area contributed by atoms with Gasteiger partial charge in [-0.1, -0.05) is 48.0 Å². The molecule has 0 unspecified atom stereocenters. The zero-order valence-electron chi connectivity index (χ0n) is 12.8. The maximum atomic E-state index is 5.92. The van der Waals surface area contributed by atoms with Crippen LogP contribution in [0.3, 0.4) is 0 Å². The van der Waals surface area contributed by atoms with E-state index in [1.807, 2.05) is 30.0 Å². The molecule has 0 atom stereocenters. The van der Waals surface area contributed by atoms with Gasteiger partial charge in [-0.2, -0.15) is 0 Å². The Kier molecular flexibility index (Phi) is 4.56. The minimum atomic E-state index is 0.777. The van der Waals surface area contributed by atoms with Crippen LogP contribution in [0.25, 0.3) is 20.8 Å². The van der Waals surface area contributed by atoms with Crippen LogP contribution in [0.1, 0.15) is 5.56 Å². The summed E-state index contributed by atoms with van der Waals surface area (Å²) in [7, 11) is 0. The molecule has 1 aromatic heterocycles. The molecule has 24 heavy (non-hydrogen) atoms. The SMILES string of the molecule is Clc1ccc(SCc2ccc(-c3nc4ccccc4s3)cc2)cc1. The third-order valence-electron chi connectivity index (χ3n) is 3.71. The molecule has 0 aliphatic rings. The van der Waals surface area contributed by atoms with Crippen molar-refractivity contribution in [2.45, 2.75) is 10.6 Å². The fourth-order valence-corrected chi connectivity index (χ4v) is 4.39. The quantitative estimate of drug-likeness (QED) is 0.363. The second-order valence-corrected chi connectivity index (χ2v) is 7.94. The molecule has 0 saturated heterocycles. The predicted molar refractivity (Wildman–Crippen MR) is 106 cm³/mol.